The fourth-order valence-electron chi connectivity index (χ4n) is 5.12. The molecule has 3 amide bonds. The van der Waals surface area contributed by atoms with Crippen molar-refractivity contribution in [3.63, 3.8) is 0 Å². The van der Waals surface area contributed by atoms with Crippen LogP contribution in [0.25, 0.3) is 0 Å². The molecule has 1 aliphatic rings. The van der Waals surface area contributed by atoms with E-state index >= 15 is 0 Å². The highest BCUT2D eigenvalue weighted by Gasteiger charge is 2.37. The van der Waals surface area contributed by atoms with Crippen LogP contribution in [0.5, 0.6) is 0 Å². The number of fused-ring (bicyclic) bond motifs is 1. The van der Waals surface area contributed by atoms with Crippen LogP contribution < -0.4 is 21.3 Å². The van der Waals surface area contributed by atoms with Gasteiger partial charge in [-0.25, -0.2) is 4.79 Å². The van der Waals surface area contributed by atoms with Crippen LogP contribution in [0.2, 0.25) is 0 Å². The number of nitrogens with zero attached hydrogens (tertiary/aromatic N) is 1. The maximum atomic E-state index is 13.5. The Morgan fingerprint density at radius 2 is 1.73 bits per heavy atom. The number of methoxy groups -OCH3 is 2. The van der Waals surface area contributed by atoms with E-state index in [0.29, 0.717) is 24.9 Å². The Morgan fingerprint density at radius 1 is 1.07 bits per heavy atom. The number of nitrogens with one attached hydrogen (secondary N) is 2. The molecule has 10 nitrogen and oxygen atoms in total. The molecule has 1 heterocycles. The maximum absolute atomic E-state index is 13.5. The van der Waals surface area contributed by atoms with Gasteiger partial charge >= 0.3 is 6.09 Å². The van der Waals surface area contributed by atoms with Gasteiger partial charge in [0.2, 0.25) is 5.91 Å². The molecule has 1 unspecified atom stereocenters. The minimum absolute atomic E-state index is 0.0593. The number of aliphatic hydroxyl groups excluding tert-OH is 1. The molecule has 0 radical (unpaired) electrons. The van der Waals surface area contributed by atoms with Crippen molar-refractivity contribution in [2.75, 3.05) is 32.2 Å². The lowest BCUT2D eigenvalue weighted by Crippen LogP contribution is -2.51. The molecule has 0 spiro atoms. The first-order valence-corrected chi connectivity index (χ1v) is 13.5. The molecule has 10 heteroatoms. The number of carbonyl (C=O) groups excluding carboxylic acids is 3. The van der Waals surface area contributed by atoms with Crippen LogP contribution in [-0.4, -0.2) is 68.5 Å². The number of rotatable bonds is 11. The molecule has 3 rings (SSSR count). The summed E-state index contributed by atoms with van der Waals surface area (Å²) in [5, 5.41) is 16.3. The van der Waals surface area contributed by atoms with Crippen molar-refractivity contribution in [3.05, 3.63) is 65.7 Å². The lowest BCUT2D eigenvalue weighted by molar-refractivity contribution is -0.143. The van der Waals surface area contributed by atoms with Crippen molar-refractivity contribution in [3.8, 4) is 0 Å². The average Bonchev–Trinajstić information content (AvgIpc) is 2.94. The molecule has 2 aromatic carbocycles. The van der Waals surface area contributed by atoms with Crippen LogP contribution in [0.4, 0.5) is 10.5 Å². The van der Waals surface area contributed by atoms with Gasteiger partial charge in [0.05, 0.1) is 19.3 Å². The Morgan fingerprint density at radius 3 is 2.38 bits per heavy atom. The van der Waals surface area contributed by atoms with Gasteiger partial charge in [-0.05, 0) is 42.4 Å². The van der Waals surface area contributed by atoms with Gasteiger partial charge in [-0.1, -0.05) is 62.4 Å². The first kappa shape index (κ1) is 31.1. The Labute approximate surface area is 236 Å². The van der Waals surface area contributed by atoms with E-state index in [0.717, 1.165) is 11.3 Å². The number of ether oxygens (including phenoxy) is 2. The van der Waals surface area contributed by atoms with E-state index in [-0.39, 0.29) is 30.8 Å². The Balaban J connectivity index is 1.60. The van der Waals surface area contributed by atoms with Crippen LogP contribution >= 0.6 is 0 Å². The zero-order valence-electron chi connectivity index (χ0n) is 24.0. The Bertz CT molecular complexity index is 1170. The largest absolute Gasteiger partial charge is 0.453 e. The fraction of sp³-hybridized carbons (Fsp3) is 0.500. The molecule has 2 aromatic rings. The minimum atomic E-state index is -1.22. The van der Waals surface area contributed by atoms with Crippen molar-refractivity contribution >= 4 is 23.6 Å². The number of nitrogens with two attached hydrogens (primary N) is 1. The van der Waals surface area contributed by atoms with Gasteiger partial charge in [-0.3, -0.25) is 9.59 Å². The van der Waals surface area contributed by atoms with Crippen molar-refractivity contribution in [1.29, 1.82) is 0 Å². The molecule has 0 bridgehead atoms. The molecule has 5 N–H and O–H groups in total. The summed E-state index contributed by atoms with van der Waals surface area (Å²) in [6.45, 7) is 5.78. The fourth-order valence-corrected chi connectivity index (χ4v) is 5.12. The summed E-state index contributed by atoms with van der Waals surface area (Å²) in [6, 6.07) is 15.8. The van der Waals surface area contributed by atoms with Crippen molar-refractivity contribution in [2.24, 2.45) is 11.1 Å². The van der Waals surface area contributed by atoms with E-state index in [1.54, 1.807) is 24.0 Å². The summed E-state index contributed by atoms with van der Waals surface area (Å²) in [6.07, 6.45) is -0.462. The molecule has 4 atom stereocenters. The summed E-state index contributed by atoms with van der Waals surface area (Å²) in [5.74, 6) is -0.497. The number of aliphatic hydroxyl groups is 1. The number of hydrogen-bond donors (Lipinski definition) is 4. The molecule has 0 fully saturated rings. The smallest absolute Gasteiger partial charge is 0.407 e. The van der Waals surface area contributed by atoms with Gasteiger partial charge in [0.1, 0.15) is 0 Å². The molecule has 0 saturated carbocycles. The third kappa shape index (κ3) is 7.59. The third-order valence-corrected chi connectivity index (χ3v) is 7.51. The lowest BCUT2D eigenvalue weighted by Gasteiger charge is -2.37. The zero-order valence-corrected chi connectivity index (χ0v) is 24.0. The van der Waals surface area contributed by atoms with Crippen LogP contribution in [0.1, 0.15) is 44.7 Å². The number of para-hydroxylation sites is 1. The molecule has 0 aliphatic carbocycles. The van der Waals surface area contributed by atoms with Gasteiger partial charge in [-0.15, -0.1) is 0 Å². The van der Waals surface area contributed by atoms with E-state index in [4.69, 9.17) is 15.2 Å². The zero-order chi connectivity index (χ0) is 29.5. The lowest BCUT2D eigenvalue weighted by atomic mass is 9.80. The highest BCUT2D eigenvalue weighted by molar-refractivity contribution is 5.95. The standard InChI is InChI=1S/C30H42N4O6/c1-29(2,16-23(31)25(35)18-32-27(37)30(3,40-5)21-12-7-6-8-13-21)17-26(36)34-19-22(33-28(38)39-4)15-20-11-9-10-14-24(20)34/h6-14,22-23,25,35H,15-19,31H2,1-5H3,(H,32,37)(H,33,38)/t22?,23-,25-,30+/m0/s1. The molecule has 0 saturated heterocycles. The summed E-state index contributed by atoms with van der Waals surface area (Å²) < 4.78 is 10.3. The predicted octanol–water partition coefficient (Wildman–Crippen LogP) is 2.47. The number of alkyl carbamates (subject to hydrolysis) is 1. The second-order valence-electron chi connectivity index (χ2n) is 11.3. The first-order chi connectivity index (χ1) is 18.9. The van der Waals surface area contributed by atoms with Crippen LogP contribution in [0.3, 0.4) is 0 Å². The monoisotopic (exact) mass is 554 g/mol. The maximum Gasteiger partial charge on any atom is 0.407 e. The van der Waals surface area contributed by atoms with E-state index in [1.165, 1.54) is 14.2 Å². The average molecular weight is 555 g/mol. The van der Waals surface area contributed by atoms with Crippen LogP contribution in [0, 0.1) is 5.41 Å². The summed E-state index contributed by atoms with van der Waals surface area (Å²) >= 11 is 0. The second-order valence-corrected chi connectivity index (χ2v) is 11.3. The molecule has 1 aliphatic heterocycles. The molecule has 40 heavy (non-hydrogen) atoms. The number of amides is 3. The highest BCUT2D eigenvalue weighted by Crippen LogP contribution is 2.33. The Hall–Kier alpha value is -3.47. The third-order valence-electron chi connectivity index (χ3n) is 7.51. The second kappa shape index (κ2) is 13.3. The Kier molecular flexibility index (Phi) is 10.3. The van der Waals surface area contributed by atoms with Crippen molar-refractivity contribution in [1.82, 2.24) is 10.6 Å². The van der Waals surface area contributed by atoms with Gasteiger partial charge in [0.25, 0.3) is 5.91 Å². The predicted molar refractivity (Wildman–Crippen MR) is 153 cm³/mol. The van der Waals surface area contributed by atoms with E-state index < -0.39 is 29.3 Å². The summed E-state index contributed by atoms with van der Waals surface area (Å²) in [5.41, 5.74) is 7.04. The van der Waals surface area contributed by atoms with Gasteiger partial charge in [-0.2, -0.15) is 0 Å². The molecular formula is C30H42N4O6. The number of anilines is 1. The van der Waals surface area contributed by atoms with E-state index in [1.807, 2.05) is 56.3 Å². The van der Waals surface area contributed by atoms with Crippen LogP contribution in [-0.2, 0) is 31.1 Å². The topological polar surface area (TPSA) is 143 Å². The molecule has 218 valence electrons. The first-order valence-electron chi connectivity index (χ1n) is 13.5. The van der Waals surface area contributed by atoms with E-state index in [2.05, 4.69) is 10.6 Å². The van der Waals surface area contributed by atoms with Crippen LogP contribution in [0.15, 0.2) is 54.6 Å². The highest BCUT2D eigenvalue weighted by atomic mass is 16.5. The molecular weight excluding hydrogens is 512 g/mol. The SMILES string of the molecule is COC(=O)NC1Cc2ccccc2N(C(=O)CC(C)(C)C[C@H](N)[C@@H](O)CNC(=O)[C@](C)(OC)c2ccccc2)C1. The number of carbonyl (C=O) groups is 3. The summed E-state index contributed by atoms with van der Waals surface area (Å²) in [4.78, 5) is 40.0. The van der Waals surface area contributed by atoms with Crippen molar-refractivity contribution < 1.29 is 29.0 Å². The van der Waals surface area contributed by atoms with Gasteiger partial charge < -0.3 is 35.8 Å². The minimum Gasteiger partial charge on any atom is -0.453 e. The molecule has 0 aromatic heterocycles. The van der Waals surface area contributed by atoms with Gasteiger partial charge in [0.15, 0.2) is 5.60 Å². The summed E-state index contributed by atoms with van der Waals surface area (Å²) in [7, 11) is 2.77. The number of hydrogen-bond acceptors (Lipinski definition) is 7. The quantitative estimate of drug-likeness (QED) is 0.334. The normalized spacial score (nSPS) is 18.1. The van der Waals surface area contributed by atoms with Crippen molar-refractivity contribution in [2.45, 2.75) is 63.8 Å². The van der Waals surface area contributed by atoms with E-state index in [9.17, 15) is 19.5 Å². The number of benzene rings is 2. The van der Waals surface area contributed by atoms with Gasteiger partial charge in [0, 0.05) is 38.3 Å².